The van der Waals surface area contributed by atoms with Crippen molar-refractivity contribution in [3.8, 4) is 0 Å². The van der Waals surface area contributed by atoms with Crippen LogP contribution in [0, 0.1) is 0 Å². The lowest BCUT2D eigenvalue weighted by Crippen LogP contribution is -2.42. The molecule has 0 bridgehead atoms. The topological polar surface area (TPSA) is 72.8 Å². The summed E-state index contributed by atoms with van der Waals surface area (Å²) in [5, 5.41) is 17.0. The molecule has 1 rings (SSSR count). The predicted molar refractivity (Wildman–Crippen MR) is 36.7 cm³/mol. The normalized spacial score (nSPS) is 25.5. The molecule has 1 atom stereocenters. The molecule has 3 N–H and O–H groups in total. The Morgan fingerprint density at radius 1 is 1.73 bits per heavy atom. The fourth-order valence-electron chi connectivity index (χ4n) is 1.37. The summed E-state index contributed by atoms with van der Waals surface area (Å²) in [4.78, 5) is 12.5. The summed E-state index contributed by atoms with van der Waals surface area (Å²) in [6.07, 6.45) is 1.59. The van der Waals surface area contributed by atoms with Crippen molar-refractivity contribution in [2.45, 2.75) is 18.9 Å². The average Bonchev–Trinajstić information content (AvgIpc) is 2.50. The Kier molecular flexibility index (Phi) is 2.81. The molecule has 0 aromatic rings. The van der Waals surface area contributed by atoms with Crippen molar-refractivity contribution < 1.29 is 15.1 Å². The molecule has 64 valence electrons. The van der Waals surface area contributed by atoms with Crippen LogP contribution in [0.15, 0.2) is 0 Å². The highest BCUT2D eigenvalue weighted by Gasteiger charge is 2.29. The monoisotopic (exact) mass is 160 g/mol. The summed E-state index contributed by atoms with van der Waals surface area (Å²) in [6, 6.07) is -0.356. The third kappa shape index (κ3) is 1.68. The zero-order valence-corrected chi connectivity index (χ0v) is 6.16. The molecular weight excluding hydrogens is 148 g/mol. The molecule has 1 unspecified atom stereocenters. The van der Waals surface area contributed by atoms with Gasteiger partial charge in [0.1, 0.15) is 0 Å². The highest BCUT2D eigenvalue weighted by molar-refractivity contribution is 5.80. The Morgan fingerprint density at radius 2 is 2.45 bits per heavy atom. The first kappa shape index (κ1) is 8.45. The van der Waals surface area contributed by atoms with Crippen molar-refractivity contribution in [3.63, 3.8) is 0 Å². The van der Waals surface area contributed by atoms with Gasteiger partial charge in [0.2, 0.25) is 0 Å². The highest BCUT2D eigenvalue weighted by atomic mass is 16.5. The van der Waals surface area contributed by atoms with E-state index < -0.39 is 5.91 Å². The van der Waals surface area contributed by atoms with Crippen LogP contribution in [0.1, 0.15) is 12.8 Å². The van der Waals surface area contributed by atoms with Gasteiger partial charge in [-0.05, 0) is 12.8 Å². The van der Waals surface area contributed by atoms with E-state index in [4.69, 9.17) is 10.3 Å². The minimum absolute atomic E-state index is 0.127. The molecule has 0 saturated carbocycles. The van der Waals surface area contributed by atoms with Gasteiger partial charge in [-0.3, -0.25) is 14.9 Å². The average molecular weight is 160 g/mol. The lowest BCUT2D eigenvalue weighted by atomic mass is 10.2. The number of hydroxylamine groups is 1. The molecule has 11 heavy (non-hydrogen) atoms. The van der Waals surface area contributed by atoms with Crippen molar-refractivity contribution in [2.75, 3.05) is 13.3 Å². The number of rotatable bonds is 2. The molecule has 0 aromatic heterocycles. The van der Waals surface area contributed by atoms with Crippen LogP contribution < -0.4 is 5.48 Å². The molecule has 1 heterocycles. The molecule has 5 heteroatoms. The van der Waals surface area contributed by atoms with Crippen molar-refractivity contribution in [1.29, 1.82) is 0 Å². The lowest BCUT2D eigenvalue weighted by molar-refractivity contribution is -0.135. The quantitative estimate of drug-likeness (QED) is 0.354. The van der Waals surface area contributed by atoms with E-state index in [0.717, 1.165) is 6.42 Å². The van der Waals surface area contributed by atoms with E-state index in [2.05, 4.69) is 0 Å². The second-order valence-corrected chi connectivity index (χ2v) is 2.59. The SMILES string of the molecule is O=C(NO)C1CCCN1CO. The lowest BCUT2D eigenvalue weighted by Gasteiger charge is -2.18. The highest BCUT2D eigenvalue weighted by Crippen LogP contribution is 2.15. The van der Waals surface area contributed by atoms with Gasteiger partial charge in [0.15, 0.2) is 0 Å². The third-order valence-electron chi connectivity index (χ3n) is 1.96. The standard InChI is InChI=1S/C6H12N2O3/c9-4-8-3-1-2-5(8)6(10)7-11/h5,9,11H,1-4H2,(H,7,10). The maximum Gasteiger partial charge on any atom is 0.260 e. The molecule has 1 aliphatic heterocycles. The van der Waals surface area contributed by atoms with Crippen molar-refractivity contribution in [2.24, 2.45) is 0 Å². The smallest absolute Gasteiger partial charge is 0.260 e. The van der Waals surface area contributed by atoms with E-state index in [1.54, 1.807) is 10.4 Å². The minimum Gasteiger partial charge on any atom is -0.381 e. The minimum atomic E-state index is -0.434. The summed E-state index contributed by atoms with van der Waals surface area (Å²) in [5.74, 6) is -0.434. The number of nitrogens with one attached hydrogen (secondary N) is 1. The first-order valence-corrected chi connectivity index (χ1v) is 3.58. The predicted octanol–water partition coefficient (Wildman–Crippen LogP) is -1.09. The van der Waals surface area contributed by atoms with Gasteiger partial charge >= 0.3 is 0 Å². The fraction of sp³-hybridized carbons (Fsp3) is 0.833. The molecule has 0 spiro atoms. The van der Waals surface area contributed by atoms with Crippen LogP contribution in [0.25, 0.3) is 0 Å². The number of nitrogens with zero attached hydrogens (tertiary/aromatic N) is 1. The second-order valence-electron chi connectivity index (χ2n) is 2.59. The van der Waals surface area contributed by atoms with Gasteiger partial charge in [0, 0.05) is 6.54 Å². The number of likely N-dealkylation sites (tertiary alicyclic amines) is 1. The molecule has 0 radical (unpaired) electrons. The number of hydrogen-bond donors (Lipinski definition) is 3. The number of carbonyl (C=O) groups excluding carboxylic acids is 1. The molecule has 1 fully saturated rings. The van der Waals surface area contributed by atoms with Crippen molar-refractivity contribution in [1.82, 2.24) is 10.4 Å². The Labute approximate surface area is 64.6 Å². The summed E-state index contributed by atoms with van der Waals surface area (Å²) in [7, 11) is 0. The number of carbonyl (C=O) groups is 1. The van der Waals surface area contributed by atoms with E-state index in [1.807, 2.05) is 0 Å². The Bertz CT molecular complexity index is 151. The first-order chi connectivity index (χ1) is 5.29. The van der Waals surface area contributed by atoms with E-state index >= 15 is 0 Å². The number of aliphatic hydroxyl groups is 1. The van der Waals surface area contributed by atoms with Crippen LogP contribution in [0.5, 0.6) is 0 Å². The summed E-state index contributed by atoms with van der Waals surface area (Å²) in [5.41, 5.74) is 1.58. The molecule has 1 amide bonds. The molecular formula is C6H12N2O3. The van der Waals surface area contributed by atoms with Crippen LogP contribution in [0.2, 0.25) is 0 Å². The van der Waals surface area contributed by atoms with E-state index in [9.17, 15) is 4.79 Å². The van der Waals surface area contributed by atoms with Crippen molar-refractivity contribution in [3.05, 3.63) is 0 Å². The molecule has 5 nitrogen and oxygen atoms in total. The van der Waals surface area contributed by atoms with Crippen molar-refractivity contribution >= 4 is 5.91 Å². The molecule has 1 saturated heterocycles. The van der Waals surface area contributed by atoms with Gasteiger partial charge < -0.3 is 5.11 Å². The van der Waals surface area contributed by atoms with Gasteiger partial charge in [-0.15, -0.1) is 0 Å². The van der Waals surface area contributed by atoms with Gasteiger partial charge in [-0.1, -0.05) is 0 Å². The fourth-order valence-corrected chi connectivity index (χ4v) is 1.37. The Balaban J connectivity index is 2.49. The zero-order valence-electron chi connectivity index (χ0n) is 6.16. The van der Waals surface area contributed by atoms with Crippen LogP contribution in [0.4, 0.5) is 0 Å². The number of amides is 1. The Hall–Kier alpha value is -0.650. The summed E-state index contributed by atoms with van der Waals surface area (Å²) >= 11 is 0. The molecule has 0 aliphatic carbocycles. The van der Waals surface area contributed by atoms with E-state index in [-0.39, 0.29) is 12.8 Å². The van der Waals surface area contributed by atoms with Gasteiger partial charge in [0.25, 0.3) is 5.91 Å². The third-order valence-corrected chi connectivity index (χ3v) is 1.96. The summed E-state index contributed by atoms with van der Waals surface area (Å²) in [6.45, 7) is 0.590. The Morgan fingerprint density at radius 3 is 3.00 bits per heavy atom. The zero-order chi connectivity index (χ0) is 8.27. The largest absolute Gasteiger partial charge is 0.381 e. The van der Waals surface area contributed by atoms with E-state index in [1.165, 1.54) is 0 Å². The second kappa shape index (κ2) is 3.66. The first-order valence-electron chi connectivity index (χ1n) is 3.58. The molecule has 0 aromatic carbocycles. The van der Waals surface area contributed by atoms with Crippen LogP contribution >= 0.6 is 0 Å². The van der Waals surface area contributed by atoms with Crippen LogP contribution in [0.3, 0.4) is 0 Å². The maximum atomic E-state index is 10.9. The van der Waals surface area contributed by atoms with Crippen LogP contribution in [-0.4, -0.2) is 40.4 Å². The van der Waals surface area contributed by atoms with Gasteiger partial charge in [-0.2, -0.15) is 0 Å². The maximum absolute atomic E-state index is 10.9. The number of hydrogen-bond acceptors (Lipinski definition) is 4. The molecule has 1 aliphatic rings. The number of aliphatic hydroxyl groups excluding tert-OH is 1. The summed E-state index contributed by atoms with van der Waals surface area (Å²) < 4.78 is 0. The van der Waals surface area contributed by atoms with Gasteiger partial charge in [0.05, 0.1) is 12.8 Å². The van der Waals surface area contributed by atoms with Gasteiger partial charge in [-0.25, -0.2) is 5.48 Å². The van der Waals surface area contributed by atoms with Crippen LogP contribution in [-0.2, 0) is 4.79 Å². The van der Waals surface area contributed by atoms with E-state index in [0.29, 0.717) is 13.0 Å².